The van der Waals surface area contributed by atoms with Gasteiger partial charge in [0.25, 0.3) is 0 Å². The average molecular weight is 500 g/mol. The molecule has 0 aromatic rings. The van der Waals surface area contributed by atoms with Crippen molar-refractivity contribution >= 4 is 0 Å². The molecule has 14 nitrogen and oxygen atoms in total. The van der Waals surface area contributed by atoms with Crippen LogP contribution in [0.2, 0.25) is 0 Å². The molecule has 0 spiro atoms. The predicted molar refractivity (Wildman–Crippen MR) is 108 cm³/mol. The molecule has 0 aliphatic carbocycles. The molecule has 0 radical (unpaired) electrons. The number of rotatable bonds is 7. The summed E-state index contributed by atoms with van der Waals surface area (Å²) in [7, 11) is 0. The minimum atomic E-state index is -1.72. The summed E-state index contributed by atoms with van der Waals surface area (Å²) in [6.07, 6.45) is -18.5. The van der Waals surface area contributed by atoms with Crippen molar-refractivity contribution in [2.24, 2.45) is 5.92 Å². The topological polar surface area (TPSA) is 228 Å². The molecule has 9 N–H and O–H groups in total. The Balaban J connectivity index is 1.70. The maximum absolute atomic E-state index is 10.9. The van der Waals surface area contributed by atoms with E-state index in [2.05, 4.69) is 0 Å². The fourth-order valence-electron chi connectivity index (χ4n) is 4.48. The van der Waals surface area contributed by atoms with Crippen LogP contribution in [0.25, 0.3) is 0 Å². The first kappa shape index (κ1) is 28.0. The Labute approximate surface area is 195 Å². The third-order valence-electron chi connectivity index (χ3n) is 6.69. The monoisotopic (exact) mass is 500 g/mol. The average Bonchev–Trinajstić information content (AvgIpc) is 2.83. The first-order valence-corrected chi connectivity index (χ1v) is 11.2. The van der Waals surface area contributed by atoms with Crippen LogP contribution in [0.3, 0.4) is 0 Å². The lowest BCUT2D eigenvalue weighted by Gasteiger charge is -2.48. The smallest absolute Gasteiger partial charge is 0.187 e. The number of hydrogen-bond donors (Lipinski definition) is 9. The molecule has 200 valence electrons. The standard InChI is InChI=1S/C20H36O14/c1-6-11(24)18(34-20-16(29)14(27)12(25)9(4-22)31-20)10(5-23)32-19(6)33-17-7(2)30-8(3-21)13(26)15(17)28/h6-29H,3-5H2,1-2H3/t6?,7-,8?,9?,10+,11?,12+,13-,14?,15?,16?,17+,18-,19+,20+/m1/s1. The van der Waals surface area contributed by atoms with Gasteiger partial charge in [0.1, 0.15) is 61.0 Å². The molecular formula is C20H36O14. The summed E-state index contributed by atoms with van der Waals surface area (Å²) < 4.78 is 28.0. The molecule has 3 fully saturated rings. The summed E-state index contributed by atoms with van der Waals surface area (Å²) >= 11 is 0. The van der Waals surface area contributed by atoms with E-state index in [9.17, 15) is 46.0 Å². The zero-order valence-corrected chi connectivity index (χ0v) is 18.8. The van der Waals surface area contributed by atoms with E-state index < -0.39 is 112 Å². The Kier molecular flexibility index (Phi) is 9.61. The van der Waals surface area contributed by atoms with Crippen molar-refractivity contribution in [3.05, 3.63) is 0 Å². The Morgan fingerprint density at radius 2 is 1.03 bits per heavy atom. The van der Waals surface area contributed by atoms with Crippen LogP contribution in [-0.2, 0) is 23.7 Å². The number of aliphatic hydroxyl groups is 9. The van der Waals surface area contributed by atoms with Crippen LogP contribution in [0, 0.1) is 5.92 Å². The molecule has 0 aromatic heterocycles. The SMILES string of the molecule is CC1C(O)[C@H](O[C@@H]2OC(CO)[C@H](O)C(O)C2O)[C@H](CO)O[C@H]1O[C@@H]1C(O)[C@H](O)C(CO)O[C@@H]1C. The number of ether oxygens (including phenoxy) is 5. The van der Waals surface area contributed by atoms with Crippen LogP contribution < -0.4 is 0 Å². The van der Waals surface area contributed by atoms with E-state index in [1.54, 1.807) is 13.8 Å². The molecule has 0 saturated carbocycles. The van der Waals surface area contributed by atoms with Crippen molar-refractivity contribution < 1.29 is 69.6 Å². The van der Waals surface area contributed by atoms with Crippen LogP contribution in [0.1, 0.15) is 13.8 Å². The fraction of sp³-hybridized carbons (Fsp3) is 1.00. The van der Waals surface area contributed by atoms with Crippen LogP contribution in [0.5, 0.6) is 0 Å². The zero-order valence-electron chi connectivity index (χ0n) is 18.8. The second-order valence-corrected chi connectivity index (χ2v) is 9.02. The Morgan fingerprint density at radius 1 is 0.529 bits per heavy atom. The van der Waals surface area contributed by atoms with Gasteiger partial charge >= 0.3 is 0 Å². The molecule has 14 heteroatoms. The van der Waals surface area contributed by atoms with Gasteiger partial charge in [-0.25, -0.2) is 0 Å². The fourth-order valence-corrected chi connectivity index (χ4v) is 4.48. The van der Waals surface area contributed by atoms with E-state index in [4.69, 9.17) is 23.7 Å². The Hall–Kier alpha value is -0.560. The van der Waals surface area contributed by atoms with Crippen molar-refractivity contribution in [2.75, 3.05) is 19.8 Å². The van der Waals surface area contributed by atoms with Crippen LogP contribution in [0.4, 0.5) is 0 Å². The highest BCUT2D eigenvalue weighted by molar-refractivity contribution is 4.95. The highest BCUT2D eigenvalue weighted by Crippen LogP contribution is 2.34. The number of hydrogen-bond acceptors (Lipinski definition) is 14. The molecule has 3 saturated heterocycles. The van der Waals surface area contributed by atoms with Crippen LogP contribution >= 0.6 is 0 Å². The molecule has 0 amide bonds. The minimum Gasteiger partial charge on any atom is -0.394 e. The first-order valence-electron chi connectivity index (χ1n) is 11.2. The highest BCUT2D eigenvalue weighted by atomic mass is 16.7. The minimum absolute atomic E-state index is 0.506. The third kappa shape index (κ3) is 5.40. The second-order valence-electron chi connectivity index (χ2n) is 9.02. The molecule has 0 aromatic carbocycles. The summed E-state index contributed by atoms with van der Waals surface area (Å²) in [5.74, 6) is -0.815. The van der Waals surface area contributed by atoms with Gasteiger partial charge in [-0.15, -0.1) is 0 Å². The normalized spacial score (nSPS) is 52.5. The van der Waals surface area contributed by atoms with Crippen LogP contribution in [0.15, 0.2) is 0 Å². The van der Waals surface area contributed by atoms with Gasteiger partial charge in [-0.1, -0.05) is 6.92 Å². The van der Waals surface area contributed by atoms with Gasteiger partial charge in [0.2, 0.25) is 0 Å². The van der Waals surface area contributed by atoms with E-state index >= 15 is 0 Å². The van der Waals surface area contributed by atoms with E-state index in [0.717, 1.165) is 0 Å². The van der Waals surface area contributed by atoms with Gasteiger partial charge < -0.3 is 69.6 Å². The van der Waals surface area contributed by atoms with E-state index in [1.165, 1.54) is 0 Å². The summed E-state index contributed by atoms with van der Waals surface area (Å²) in [4.78, 5) is 0. The Bertz CT molecular complexity index is 636. The molecule has 34 heavy (non-hydrogen) atoms. The second kappa shape index (κ2) is 11.7. The molecule has 3 rings (SSSR count). The summed E-state index contributed by atoms with van der Waals surface area (Å²) in [5, 5.41) is 90.0. The van der Waals surface area contributed by atoms with E-state index in [-0.39, 0.29) is 0 Å². The zero-order chi connectivity index (χ0) is 25.3. The molecule has 3 aliphatic heterocycles. The molecular weight excluding hydrogens is 464 g/mol. The van der Waals surface area contributed by atoms with Gasteiger partial charge in [0, 0.05) is 5.92 Å². The van der Waals surface area contributed by atoms with E-state index in [0.29, 0.717) is 0 Å². The lowest BCUT2D eigenvalue weighted by atomic mass is 9.91. The van der Waals surface area contributed by atoms with E-state index in [1.807, 2.05) is 0 Å². The molecule has 15 atom stereocenters. The summed E-state index contributed by atoms with van der Waals surface area (Å²) in [6, 6.07) is 0. The molecule has 3 heterocycles. The predicted octanol–water partition coefficient (Wildman–Crippen LogP) is -5.23. The van der Waals surface area contributed by atoms with Crippen molar-refractivity contribution in [1.82, 2.24) is 0 Å². The molecule has 0 bridgehead atoms. The van der Waals surface area contributed by atoms with Crippen molar-refractivity contribution in [3.8, 4) is 0 Å². The third-order valence-corrected chi connectivity index (χ3v) is 6.69. The molecule has 7 unspecified atom stereocenters. The largest absolute Gasteiger partial charge is 0.394 e. The lowest BCUT2D eigenvalue weighted by molar-refractivity contribution is -0.364. The maximum atomic E-state index is 10.9. The van der Waals surface area contributed by atoms with Gasteiger partial charge in [-0.05, 0) is 6.92 Å². The number of aliphatic hydroxyl groups excluding tert-OH is 9. The van der Waals surface area contributed by atoms with Gasteiger partial charge in [0.15, 0.2) is 12.6 Å². The van der Waals surface area contributed by atoms with Crippen molar-refractivity contribution in [2.45, 2.75) is 99.7 Å². The first-order chi connectivity index (χ1) is 16.0. The molecule has 3 aliphatic rings. The summed E-state index contributed by atoms with van der Waals surface area (Å²) in [6.45, 7) is 1.28. The summed E-state index contributed by atoms with van der Waals surface area (Å²) in [5.41, 5.74) is 0. The van der Waals surface area contributed by atoms with Gasteiger partial charge in [0.05, 0.1) is 32.0 Å². The van der Waals surface area contributed by atoms with Crippen molar-refractivity contribution in [1.29, 1.82) is 0 Å². The van der Waals surface area contributed by atoms with Gasteiger partial charge in [-0.2, -0.15) is 0 Å². The highest BCUT2D eigenvalue weighted by Gasteiger charge is 2.52. The van der Waals surface area contributed by atoms with Gasteiger partial charge in [-0.3, -0.25) is 0 Å². The van der Waals surface area contributed by atoms with Crippen molar-refractivity contribution in [3.63, 3.8) is 0 Å². The maximum Gasteiger partial charge on any atom is 0.187 e. The van der Waals surface area contributed by atoms with Crippen LogP contribution in [-0.4, -0.2) is 152 Å². The Morgan fingerprint density at radius 3 is 1.62 bits per heavy atom. The quantitative estimate of drug-likeness (QED) is 0.159. The lowest BCUT2D eigenvalue weighted by Crippen LogP contribution is -2.64.